The van der Waals surface area contributed by atoms with Crippen molar-refractivity contribution in [3.05, 3.63) is 50.6 Å². The minimum atomic E-state index is -5.17. The third-order valence-corrected chi connectivity index (χ3v) is 13.5. The van der Waals surface area contributed by atoms with Gasteiger partial charge < -0.3 is 196 Å². The molecule has 0 fully saturated rings. The smallest absolute Gasteiger partial charge is 0.330 e. The first-order valence-corrected chi connectivity index (χ1v) is 35.5. The van der Waals surface area contributed by atoms with Gasteiger partial charge in [0.1, 0.15) is 134 Å². The molecular formula is C64H122Cl2N3O38S-. The van der Waals surface area contributed by atoms with Crippen LogP contribution in [-0.4, -0.2) is 435 Å². The highest BCUT2D eigenvalue weighted by Crippen LogP contribution is 2.07. The SMILES string of the molecule is C=CC(=O)OCC(O)CCOCC(COCCC(O)COC[NH+](CCO)CCO)OCCC(O)COC(=O)C=C.C=CC(=O)OCC(O)COC(COCC(O)COCC(O)C[NH+](CCO)CCO)COCC(O)COCC(COCC(O)C[NH+](CCO)CCO)OCC(O)COC(=O)C=C.O=S(=O)([O-])[O-].[Cl-].[Cl-]. The van der Waals surface area contributed by atoms with Gasteiger partial charge in [0.05, 0.1) is 157 Å². The van der Waals surface area contributed by atoms with Gasteiger partial charge in [0.2, 0.25) is 0 Å². The van der Waals surface area contributed by atoms with Crippen molar-refractivity contribution < 1.29 is 224 Å². The van der Waals surface area contributed by atoms with Crippen molar-refractivity contribution in [2.45, 2.75) is 92.5 Å². The first kappa shape index (κ1) is 113. The van der Waals surface area contributed by atoms with E-state index < -0.39 is 108 Å². The molecule has 0 aromatic heterocycles. The summed E-state index contributed by atoms with van der Waals surface area (Å²) in [6.07, 6.45) is -6.64. The van der Waals surface area contributed by atoms with Gasteiger partial charge in [-0.3, -0.25) is 8.42 Å². The second-order valence-electron chi connectivity index (χ2n) is 23.3. The number of halogens is 2. The zero-order valence-corrected chi connectivity index (χ0v) is 63.4. The zero-order valence-electron chi connectivity index (χ0n) is 61.1. The number of carbonyl (C=O) groups is 4. The number of carbonyl (C=O) groups excluding carboxylic acids is 4. The predicted octanol–water partition coefficient (Wildman–Crippen LogP) is -19.2. The van der Waals surface area contributed by atoms with E-state index in [0.29, 0.717) is 45.7 Å². The molecule has 0 heterocycles. The summed E-state index contributed by atoms with van der Waals surface area (Å²) in [7, 11) is -5.17. The molecule has 0 spiro atoms. The van der Waals surface area contributed by atoms with E-state index >= 15 is 0 Å². The van der Waals surface area contributed by atoms with Crippen molar-refractivity contribution in [1.82, 2.24) is 0 Å². The van der Waals surface area contributed by atoms with Crippen LogP contribution in [0.2, 0.25) is 0 Å². The van der Waals surface area contributed by atoms with Crippen LogP contribution in [0, 0.1) is 0 Å². The fourth-order valence-electron chi connectivity index (χ4n) is 8.24. The monoisotopic (exact) mass is 1640 g/mol. The standard InChI is InChI=1S/C38H72N2O21.C26H47NO13.2ClH.H2O4S/c1-3-37(51)60-23-33(49)21-58-35(25-54-16-30(46)14-40(7-11-43)8-12-44)26-56-19-32(48)20-57-28-36(59-22-34(50)24-61-38(52)4-2)27-55-18-31(47)17-53-15-29(45)13-39(5-9-41)6-10-42;1-3-25(33)39-16-22(31)6-13-36-19-24(38-14-7-23(32)17-40-26(34)4-2)18-35-12-5-21(30)15-37-20-27(8-10-28)9-11-29;;;1-5(2,3)4/h3-4,29-36,41-50H,1-2,5-28H2;3-4,21-24,28-32H,1-2,5-20H2;2*1H;(H2,1,2,3,4)/p-1. The van der Waals surface area contributed by atoms with Gasteiger partial charge in [-0.15, -0.1) is 0 Å². The van der Waals surface area contributed by atoms with E-state index in [1.165, 1.54) is 0 Å². The molecule has 12 atom stereocenters. The van der Waals surface area contributed by atoms with Gasteiger partial charge in [-0.05, 0) is 12.8 Å². The summed E-state index contributed by atoms with van der Waals surface area (Å²) in [6, 6.07) is 0. The molecule has 0 saturated carbocycles. The van der Waals surface area contributed by atoms with Crippen LogP contribution in [0.3, 0.4) is 0 Å². The summed E-state index contributed by atoms with van der Waals surface area (Å²) in [4.78, 5) is 47.3. The van der Waals surface area contributed by atoms with E-state index in [9.17, 15) is 75.3 Å². The first-order chi connectivity index (χ1) is 50.5. The fraction of sp³-hybridized carbons (Fsp3) is 0.812. The molecule has 44 heteroatoms. The lowest BCUT2D eigenvalue weighted by molar-refractivity contribution is -0.920. The summed E-state index contributed by atoms with van der Waals surface area (Å²) < 4.78 is 115. The van der Waals surface area contributed by atoms with Crippen LogP contribution in [-0.2, 0) is 101 Å². The molecule has 0 bridgehead atoms. The Morgan fingerprint density at radius 2 is 0.546 bits per heavy atom. The molecule has 0 aromatic carbocycles. The van der Waals surface area contributed by atoms with E-state index in [-0.39, 0.29) is 242 Å². The number of quaternary nitrogens is 3. The van der Waals surface area contributed by atoms with Crippen molar-refractivity contribution in [3.8, 4) is 0 Å². The van der Waals surface area contributed by atoms with Crippen molar-refractivity contribution in [2.75, 3.05) is 244 Å². The first-order valence-electron chi connectivity index (χ1n) is 34.1. The molecule has 0 aromatic rings. The highest BCUT2D eigenvalue weighted by atomic mass is 35.5. The Hall–Kier alpha value is -3.87. The molecule has 0 amide bonds. The number of aliphatic hydroxyl groups is 15. The quantitative estimate of drug-likeness (QED) is 0.00511. The fourth-order valence-corrected chi connectivity index (χ4v) is 8.24. The summed E-state index contributed by atoms with van der Waals surface area (Å²) in [5, 5.41) is 147. The average molecular weight is 1640 g/mol. The Balaban J connectivity index is -0.000000649. The van der Waals surface area contributed by atoms with Gasteiger partial charge in [0.15, 0.2) is 6.73 Å². The topological polar surface area (TPSA) is 604 Å². The van der Waals surface area contributed by atoms with Crippen LogP contribution in [0.25, 0.3) is 0 Å². The van der Waals surface area contributed by atoms with Gasteiger partial charge >= 0.3 is 23.9 Å². The predicted molar refractivity (Wildman–Crippen MR) is 363 cm³/mol. The summed E-state index contributed by atoms with van der Waals surface area (Å²) in [6.45, 7) is 13.0. The van der Waals surface area contributed by atoms with Crippen molar-refractivity contribution in [2.24, 2.45) is 0 Å². The summed E-state index contributed by atoms with van der Waals surface area (Å²) in [5.41, 5.74) is 0. The molecule has 0 saturated heterocycles. The Morgan fingerprint density at radius 3 is 0.852 bits per heavy atom. The molecule has 0 aliphatic rings. The third kappa shape index (κ3) is 77.5. The Labute approximate surface area is 642 Å². The average Bonchev–Trinajstić information content (AvgIpc) is 0.975. The van der Waals surface area contributed by atoms with Gasteiger partial charge in [0, 0.05) is 60.9 Å². The molecule has 18 N–H and O–H groups in total. The molecular weight excluding hydrogens is 1520 g/mol. The van der Waals surface area contributed by atoms with E-state index in [1.54, 1.807) is 0 Å². The lowest BCUT2D eigenvalue weighted by Gasteiger charge is -2.23. The second-order valence-corrected chi connectivity index (χ2v) is 24.1. The summed E-state index contributed by atoms with van der Waals surface area (Å²) in [5.74, 6) is -2.73. The van der Waals surface area contributed by atoms with Crippen LogP contribution in [0.5, 0.6) is 0 Å². The molecule has 0 rings (SSSR count). The highest BCUT2D eigenvalue weighted by Gasteiger charge is 2.23. The van der Waals surface area contributed by atoms with Gasteiger partial charge in [-0.1, -0.05) is 26.3 Å². The van der Waals surface area contributed by atoms with Crippen molar-refractivity contribution in [3.63, 3.8) is 0 Å². The number of hydrogen-bond acceptors (Lipinski definition) is 38. The maximum atomic E-state index is 11.3. The molecule has 642 valence electrons. The second kappa shape index (κ2) is 77.1. The van der Waals surface area contributed by atoms with Crippen LogP contribution in [0.1, 0.15) is 19.3 Å². The van der Waals surface area contributed by atoms with Crippen LogP contribution in [0.4, 0.5) is 0 Å². The Bertz CT molecular complexity index is 2250. The number of esters is 4. The number of hydrogen-bond donors (Lipinski definition) is 18. The minimum Gasteiger partial charge on any atom is -1.00 e. The maximum absolute atomic E-state index is 11.3. The number of ether oxygens (including phenoxy) is 15. The van der Waals surface area contributed by atoms with E-state index in [2.05, 4.69) is 26.3 Å². The minimum absolute atomic E-state index is 0. The number of rotatable bonds is 72. The van der Waals surface area contributed by atoms with E-state index in [1.807, 2.05) is 0 Å². The number of nitrogens with one attached hydrogen (secondary N) is 3. The zero-order chi connectivity index (χ0) is 80.2. The third-order valence-electron chi connectivity index (χ3n) is 13.5. The van der Waals surface area contributed by atoms with Crippen LogP contribution >= 0.6 is 0 Å². The largest absolute Gasteiger partial charge is 1.00 e. The molecule has 0 aliphatic heterocycles. The van der Waals surface area contributed by atoms with Crippen LogP contribution < -0.4 is 39.5 Å². The van der Waals surface area contributed by atoms with Crippen molar-refractivity contribution >= 4 is 34.3 Å². The molecule has 12 unspecified atom stereocenters. The van der Waals surface area contributed by atoms with E-state index in [0.717, 1.165) is 39.0 Å². The van der Waals surface area contributed by atoms with Crippen molar-refractivity contribution in [1.29, 1.82) is 0 Å². The summed E-state index contributed by atoms with van der Waals surface area (Å²) >= 11 is 0. The molecule has 0 aliphatic carbocycles. The lowest BCUT2D eigenvalue weighted by Crippen LogP contribution is -3.14. The Morgan fingerprint density at radius 1 is 0.315 bits per heavy atom. The molecule has 108 heavy (non-hydrogen) atoms. The number of aliphatic hydroxyl groups excluding tert-OH is 15. The van der Waals surface area contributed by atoms with Gasteiger partial charge in [0.25, 0.3) is 0 Å². The Kier molecular flexibility index (Phi) is 80.4. The van der Waals surface area contributed by atoms with Gasteiger partial charge in [-0.25, -0.2) is 19.2 Å². The van der Waals surface area contributed by atoms with Crippen LogP contribution in [0.15, 0.2) is 50.6 Å². The van der Waals surface area contributed by atoms with Gasteiger partial charge in [-0.2, -0.15) is 0 Å². The highest BCUT2D eigenvalue weighted by molar-refractivity contribution is 7.79. The molecule has 41 nitrogen and oxygen atoms in total. The molecule has 0 radical (unpaired) electrons. The van der Waals surface area contributed by atoms with E-state index in [4.69, 9.17) is 109 Å². The maximum Gasteiger partial charge on any atom is 0.330 e. The lowest BCUT2D eigenvalue weighted by atomic mass is 10.2. The normalized spacial score (nSPS) is 14.8.